The molecule has 2 amide bonds. The van der Waals surface area contributed by atoms with Gasteiger partial charge in [0.15, 0.2) is 0 Å². The molecule has 5 heteroatoms. The van der Waals surface area contributed by atoms with Gasteiger partial charge >= 0.3 is 0 Å². The van der Waals surface area contributed by atoms with Gasteiger partial charge in [0.05, 0.1) is 18.7 Å². The molecule has 114 valence electrons. The lowest BCUT2D eigenvalue weighted by Crippen LogP contribution is -2.25. The average Bonchev–Trinajstić information content (AvgIpc) is 2.63. The van der Waals surface area contributed by atoms with E-state index in [2.05, 4.69) is 12.2 Å². The second-order valence-electron chi connectivity index (χ2n) is 5.23. The highest BCUT2D eigenvalue weighted by Crippen LogP contribution is 2.31. The molecule has 0 saturated heterocycles. The quantitative estimate of drug-likeness (QED) is 0.904. The van der Waals surface area contributed by atoms with Crippen LogP contribution in [0, 0.1) is 0 Å². The summed E-state index contributed by atoms with van der Waals surface area (Å²) in [6.07, 6.45) is 2.86. The maximum Gasteiger partial charge on any atom is 0.230 e. The van der Waals surface area contributed by atoms with Gasteiger partial charge in [0.1, 0.15) is 5.75 Å². The zero-order valence-corrected chi connectivity index (χ0v) is 12.6. The summed E-state index contributed by atoms with van der Waals surface area (Å²) in [5, 5.41) is 2.90. The molecular weight excluding hydrogens is 268 g/mol. The Morgan fingerprint density at radius 1 is 1.43 bits per heavy atom. The number of benzene rings is 1. The van der Waals surface area contributed by atoms with Gasteiger partial charge in [-0.2, -0.15) is 0 Å². The number of nitrogens with one attached hydrogen (secondary N) is 1. The van der Waals surface area contributed by atoms with E-state index in [1.807, 2.05) is 18.2 Å². The Hall–Kier alpha value is -2.04. The van der Waals surface area contributed by atoms with Crippen molar-refractivity contribution < 1.29 is 14.3 Å². The highest BCUT2D eigenvalue weighted by atomic mass is 16.5. The van der Waals surface area contributed by atoms with Gasteiger partial charge in [0.2, 0.25) is 11.8 Å². The molecule has 2 rings (SSSR count). The van der Waals surface area contributed by atoms with Crippen molar-refractivity contribution in [2.75, 3.05) is 18.6 Å². The van der Waals surface area contributed by atoms with E-state index in [4.69, 9.17) is 4.74 Å². The first-order chi connectivity index (χ1) is 10.1. The number of amides is 2. The number of hydrogen-bond donors (Lipinski definition) is 1. The maximum atomic E-state index is 11.8. The largest absolute Gasteiger partial charge is 0.491 e. The Morgan fingerprint density at radius 3 is 3.00 bits per heavy atom. The molecule has 0 atom stereocenters. The summed E-state index contributed by atoms with van der Waals surface area (Å²) in [4.78, 5) is 25.1. The minimum absolute atomic E-state index is 0.0397. The van der Waals surface area contributed by atoms with E-state index in [0.717, 1.165) is 24.1 Å². The molecule has 0 saturated carbocycles. The van der Waals surface area contributed by atoms with Crippen LogP contribution in [0.5, 0.6) is 5.75 Å². The Labute approximate surface area is 125 Å². The van der Waals surface area contributed by atoms with E-state index in [1.54, 1.807) is 11.9 Å². The molecule has 0 radical (unpaired) electrons. The van der Waals surface area contributed by atoms with Crippen molar-refractivity contribution in [1.29, 1.82) is 0 Å². The molecule has 21 heavy (non-hydrogen) atoms. The summed E-state index contributed by atoms with van der Waals surface area (Å²) in [6.45, 7) is 2.94. The van der Waals surface area contributed by atoms with E-state index < -0.39 is 0 Å². The monoisotopic (exact) mass is 290 g/mol. The molecule has 0 bridgehead atoms. The van der Waals surface area contributed by atoms with Gasteiger partial charge in [-0.15, -0.1) is 0 Å². The zero-order valence-electron chi connectivity index (χ0n) is 12.6. The van der Waals surface area contributed by atoms with Crippen LogP contribution in [0.2, 0.25) is 0 Å². The number of unbranched alkanes of at least 4 members (excludes halogenated alkanes) is 1. The lowest BCUT2D eigenvalue weighted by Gasteiger charge is -2.17. The van der Waals surface area contributed by atoms with E-state index >= 15 is 0 Å². The molecular formula is C16H22N2O3. The third kappa shape index (κ3) is 3.97. The highest BCUT2D eigenvalue weighted by Gasteiger charge is 2.20. The summed E-state index contributed by atoms with van der Waals surface area (Å²) in [5.74, 6) is 0.815. The number of anilines is 1. The van der Waals surface area contributed by atoms with Crippen LogP contribution in [0.15, 0.2) is 18.2 Å². The first kappa shape index (κ1) is 15.4. The van der Waals surface area contributed by atoms with Crippen molar-refractivity contribution in [2.45, 2.75) is 39.2 Å². The fourth-order valence-corrected chi connectivity index (χ4v) is 2.23. The smallest absolute Gasteiger partial charge is 0.230 e. The lowest BCUT2D eigenvalue weighted by atomic mass is 10.1. The van der Waals surface area contributed by atoms with Gasteiger partial charge in [-0.1, -0.05) is 19.4 Å². The van der Waals surface area contributed by atoms with Crippen LogP contribution in [0.25, 0.3) is 0 Å². The number of carbonyl (C=O) groups excluding carboxylic acids is 2. The van der Waals surface area contributed by atoms with Gasteiger partial charge < -0.3 is 15.0 Å². The van der Waals surface area contributed by atoms with E-state index in [0.29, 0.717) is 31.7 Å². The molecule has 1 N–H and O–H groups in total. The molecule has 0 fully saturated rings. The van der Waals surface area contributed by atoms with Gasteiger partial charge in [0, 0.05) is 20.0 Å². The lowest BCUT2D eigenvalue weighted by molar-refractivity contribution is -0.121. The third-order valence-electron chi connectivity index (χ3n) is 3.58. The van der Waals surface area contributed by atoms with Crippen molar-refractivity contribution in [3.63, 3.8) is 0 Å². The summed E-state index contributed by atoms with van der Waals surface area (Å²) in [7, 11) is 1.75. The molecule has 5 nitrogen and oxygen atoms in total. The van der Waals surface area contributed by atoms with E-state index in [9.17, 15) is 9.59 Å². The molecule has 1 aromatic rings. The topological polar surface area (TPSA) is 58.6 Å². The molecule has 1 aliphatic rings. The number of rotatable bonds is 5. The SMILES string of the molecule is CCCCC(=O)NCc1ccc2c(c1)N(C)C(=O)CCO2. The van der Waals surface area contributed by atoms with Gasteiger partial charge in [-0.3, -0.25) is 9.59 Å². The maximum absolute atomic E-state index is 11.8. The fraction of sp³-hybridized carbons (Fsp3) is 0.500. The van der Waals surface area contributed by atoms with Crippen molar-refractivity contribution >= 4 is 17.5 Å². The normalized spacial score (nSPS) is 14.2. The number of nitrogens with zero attached hydrogens (tertiary/aromatic N) is 1. The van der Waals surface area contributed by atoms with E-state index in [1.165, 1.54) is 0 Å². The minimum Gasteiger partial charge on any atom is -0.491 e. The number of hydrogen-bond acceptors (Lipinski definition) is 3. The molecule has 0 aliphatic carbocycles. The zero-order chi connectivity index (χ0) is 15.2. The Bertz CT molecular complexity index is 528. The van der Waals surface area contributed by atoms with Crippen LogP contribution in [-0.2, 0) is 16.1 Å². The predicted octanol–water partition coefficient (Wildman–Crippen LogP) is 2.24. The van der Waals surface area contributed by atoms with E-state index in [-0.39, 0.29) is 11.8 Å². The fourth-order valence-electron chi connectivity index (χ4n) is 2.23. The van der Waals surface area contributed by atoms with Crippen molar-refractivity contribution in [2.24, 2.45) is 0 Å². The first-order valence-electron chi connectivity index (χ1n) is 7.40. The molecule has 1 heterocycles. The number of ether oxygens (including phenoxy) is 1. The third-order valence-corrected chi connectivity index (χ3v) is 3.58. The average molecular weight is 290 g/mol. The standard InChI is InChI=1S/C16H22N2O3/c1-3-4-5-15(19)17-11-12-6-7-14-13(10-12)18(2)16(20)8-9-21-14/h6-7,10H,3-5,8-9,11H2,1-2H3,(H,17,19). The van der Waals surface area contributed by atoms with Gasteiger partial charge in [-0.25, -0.2) is 0 Å². The number of fused-ring (bicyclic) bond motifs is 1. The van der Waals surface area contributed by atoms with Crippen LogP contribution < -0.4 is 15.0 Å². The Morgan fingerprint density at radius 2 is 2.24 bits per heavy atom. The summed E-state index contributed by atoms with van der Waals surface area (Å²) < 4.78 is 5.57. The van der Waals surface area contributed by atoms with Crippen LogP contribution in [0.3, 0.4) is 0 Å². The first-order valence-corrected chi connectivity index (χ1v) is 7.40. The minimum atomic E-state index is 0.0397. The van der Waals surface area contributed by atoms with Gasteiger partial charge in [-0.05, 0) is 24.1 Å². The number of carbonyl (C=O) groups is 2. The van der Waals surface area contributed by atoms with Crippen LogP contribution in [-0.4, -0.2) is 25.5 Å². The molecule has 0 spiro atoms. The van der Waals surface area contributed by atoms with Crippen LogP contribution in [0.4, 0.5) is 5.69 Å². The predicted molar refractivity (Wildman–Crippen MR) is 81.3 cm³/mol. The molecule has 0 unspecified atom stereocenters. The summed E-state index contributed by atoms with van der Waals surface area (Å²) >= 11 is 0. The summed E-state index contributed by atoms with van der Waals surface area (Å²) in [6, 6.07) is 5.68. The Balaban J connectivity index is 2.04. The molecule has 1 aliphatic heterocycles. The molecule has 0 aromatic heterocycles. The van der Waals surface area contributed by atoms with Crippen molar-refractivity contribution in [3.05, 3.63) is 23.8 Å². The second kappa shape index (κ2) is 7.11. The van der Waals surface area contributed by atoms with Crippen molar-refractivity contribution in [1.82, 2.24) is 5.32 Å². The van der Waals surface area contributed by atoms with Crippen molar-refractivity contribution in [3.8, 4) is 5.75 Å². The second-order valence-corrected chi connectivity index (χ2v) is 5.23. The molecule has 1 aromatic carbocycles. The summed E-state index contributed by atoms with van der Waals surface area (Å²) in [5.41, 5.74) is 1.72. The highest BCUT2D eigenvalue weighted by molar-refractivity contribution is 5.95. The Kier molecular flexibility index (Phi) is 5.20. The van der Waals surface area contributed by atoms with Crippen LogP contribution in [0.1, 0.15) is 38.2 Å². The van der Waals surface area contributed by atoms with Gasteiger partial charge in [0.25, 0.3) is 0 Å². The van der Waals surface area contributed by atoms with Crippen LogP contribution >= 0.6 is 0 Å².